The van der Waals surface area contributed by atoms with Gasteiger partial charge in [-0.1, -0.05) is 6.07 Å². The molecule has 2 unspecified atom stereocenters. The highest BCUT2D eigenvalue weighted by Crippen LogP contribution is 2.38. The number of likely N-dealkylation sites (tertiary alicyclic amines) is 1. The highest BCUT2D eigenvalue weighted by molar-refractivity contribution is 6.00. The Labute approximate surface area is 198 Å². The van der Waals surface area contributed by atoms with E-state index in [-0.39, 0.29) is 24.1 Å². The van der Waals surface area contributed by atoms with Gasteiger partial charge in [0.05, 0.1) is 16.6 Å². The first-order chi connectivity index (χ1) is 16.1. The lowest BCUT2D eigenvalue weighted by Crippen LogP contribution is -2.45. The Morgan fingerprint density at radius 2 is 1.71 bits per heavy atom. The molecule has 184 valence electrons. The van der Waals surface area contributed by atoms with Crippen LogP contribution in [0.4, 0.5) is 0 Å². The summed E-state index contributed by atoms with van der Waals surface area (Å²) in [4.78, 5) is 39.6. The number of fused-ring (bicyclic) bond motifs is 1. The number of imidazole rings is 1. The van der Waals surface area contributed by atoms with Gasteiger partial charge in [0, 0.05) is 25.6 Å². The highest BCUT2D eigenvalue weighted by Gasteiger charge is 2.35. The van der Waals surface area contributed by atoms with Crippen LogP contribution in [-0.2, 0) is 14.3 Å². The van der Waals surface area contributed by atoms with Crippen molar-refractivity contribution in [2.75, 3.05) is 13.1 Å². The van der Waals surface area contributed by atoms with E-state index in [0.717, 1.165) is 49.8 Å². The van der Waals surface area contributed by atoms with Crippen molar-refractivity contribution in [3.05, 3.63) is 34.2 Å². The maximum Gasteiger partial charge on any atom is 0.330 e. The van der Waals surface area contributed by atoms with Crippen molar-refractivity contribution in [2.24, 2.45) is 0 Å². The number of ether oxygens (including phenoxy) is 1. The average Bonchev–Trinajstić information content (AvgIpc) is 3.56. The smallest absolute Gasteiger partial charge is 0.330 e. The third kappa shape index (κ3) is 4.44. The summed E-state index contributed by atoms with van der Waals surface area (Å²) in [5, 5.41) is 12.8. The number of nitrogens with zero attached hydrogens (tertiary/aromatic N) is 3. The van der Waals surface area contributed by atoms with Gasteiger partial charge >= 0.3 is 5.69 Å². The zero-order valence-corrected chi connectivity index (χ0v) is 20.1. The lowest BCUT2D eigenvalue weighted by molar-refractivity contribution is -0.242. The number of piperidine rings is 2. The molecule has 3 fully saturated rings. The van der Waals surface area contributed by atoms with Crippen LogP contribution in [0.25, 0.3) is 11.0 Å². The molecule has 1 aromatic heterocycles. The lowest BCUT2D eigenvalue weighted by atomic mass is 9.89. The summed E-state index contributed by atoms with van der Waals surface area (Å²) in [5.74, 6) is -0.364. The van der Waals surface area contributed by atoms with E-state index in [0.29, 0.717) is 12.3 Å². The Hall–Kier alpha value is -2.49. The third-order valence-electron chi connectivity index (χ3n) is 7.14. The molecular weight excluding hydrogens is 436 g/mol. The molecule has 1 aliphatic carbocycles. The van der Waals surface area contributed by atoms with Crippen molar-refractivity contribution in [3.8, 4) is 0 Å². The molecule has 2 aliphatic heterocycles. The molecule has 3 heterocycles. The molecule has 9 nitrogen and oxygen atoms in total. The second-order valence-electron chi connectivity index (χ2n) is 10.8. The van der Waals surface area contributed by atoms with Gasteiger partial charge in [0.1, 0.15) is 6.04 Å². The van der Waals surface area contributed by atoms with Crippen molar-refractivity contribution in [3.63, 3.8) is 0 Å². The molecule has 9 heteroatoms. The van der Waals surface area contributed by atoms with Crippen LogP contribution in [0.1, 0.15) is 82.9 Å². The molecule has 5 rings (SSSR count). The number of amides is 2. The summed E-state index contributed by atoms with van der Waals surface area (Å²) in [6, 6.07) is 5.64. The molecule has 0 spiro atoms. The standard InChI is InChI=1S/C25H34N4O5/c1-25(2,3)34-24(33)27-12-10-15(11-13-27)16-4-7-18-20(14-16)28(17-5-6-17)23(32)29(18)19-8-9-21(30)26-22(19)31/h4,7,14-15,17,19,24,33H,5-6,8-13H2,1-3H3,(H,26,30,31). The van der Waals surface area contributed by atoms with Crippen molar-refractivity contribution in [2.45, 2.75) is 89.3 Å². The van der Waals surface area contributed by atoms with Crippen molar-refractivity contribution < 1.29 is 19.4 Å². The molecule has 2 aromatic rings. The van der Waals surface area contributed by atoms with E-state index < -0.39 is 24.0 Å². The van der Waals surface area contributed by atoms with Crippen LogP contribution in [0, 0.1) is 0 Å². The molecule has 2 saturated heterocycles. The van der Waals surface area contributed by atoms with Crippen LogP contribution in [-0.4, -0.2) is 56.1 Å². The normalized spacial score (nSPS) is 23.9. The Kier molecular flexibility index (Phi) is 5.90. The quantitative estimate of drug-likeness (QED) is 0.514. The summed E-state index contributed by atoms with van der Waals surface area (Å²) >= 11 is 0. The van der Waals surface area contributed by atoms with Gasteiger partial charge < -0.3 is 9.84 Å². The van der Waals surface area contributed by atoms with E-state index in [2.05, 4.69) is 17.4 Å². The maximum atomic E-state index is 13.4. The molecule has 2 amide bonds. The largest absolute Gasteiger partial charge is 0.356 e. The van der Waals surface area contributed by atoms with Gasteiger partial charge in [0.25, 0.3) is 0 Å². The number of carbonyl (C=O) groups is 2. The molecule has 3 aliphatic rings. The molecule has 2 N–H and O–H groups in total. The second kappa shape index (κ2) is 8.62. The fourth-order valence-corrected chi connectivity index (χ4v) is 5.27. The van der Waals surface area contributed by atoms with Gasteiger partial charge in [-0.3, -0.25) is 28.9 Å². The predicted octanol–water partition coefficient (Wildman–Crippen LogP) is 2.39. The van der Waals surface area contributed by atoms with Gasteiger partial charge in [0.15, 0.2) is 0 Å². The molecule has 34 heavy (non-hydrogen) atoms. The summed E-state index contributed by atoms with van der Waals surface area (Å²) in [6.07, 6.45) is 3.36. The molecular formula is C25H34N4O5. The van der Waals surface area contributed by atoms with E-state index in [1.165, 1.54) is 5.56 Å². The number of carbonyl (C=O) groups excluding carboxylic acids is 2. The average molecular weight is 471 g/mol. The number of rotatable bonds is 5. The van der Waals surface area contributed by atoms with Gasteiger partial charge in [-0.2, -0.15) is 0 Å². The number of nitrogens with one attached hydrogen (secondary N) is 1. The Morgan fingerprint density at radius 1 is 1.00 bits per heavy atom. The number of imide groups is 1. The topological polar surface area (TPSA) is 106 Å². The monoisotopic (exact) mass is 470 g/mol. The molecule has 0 radical (unpaired) electrons. The highest BCUT2D eigenvalue weighted by atomic mass is 16.6. The van der Waals surface area contributed by atoms with E-state index in [9.17, 15) is 19.5 Å². The van der Waals surface area contributed by atoms with Crippen molar-refractivity contribution in [1.29, 1.82) is 0 Å². The summed E-state index contributed by atoms with van der Waals surface area (Å²) in [6.45, 7) is 7.24. The lowest BCUT2D eigenvalue weighted by Gasteiger charge is -2.37. The Bertz CT molecular complexity index is 1160. The summed E-state index contributed by atoms with van der Waals surface area (Å²) in [7, 11) is 0. The third-order valence-corrected chi connectivity index (χ3v) is 7.14. The van der Waals surface area contributed by atoms with Crippen LogP contribution in [0.5, 0.6) is 0 Å². The first-order valence-corrected chi connectivity index (χ1v) is 12.3. The molecule has 0 bridgehead atoms. The number of aliphatic hydroxyl groups excluding tert-OH is 1. The van der Waals surface area contributed by atoms with Crippen LogP contribution >= 0.6 is 0 Å². The fourth-order valence-electron chi connectivity index (χ4n) is 5.27. The molecule has 1 aromatic carbocycles. The summed E-state index contributed by atoms with van der Waals surface area (Å²) < 4.78 is 9.13. The minimum atomic E-state index is -0.911. The number of aromatic nitrogens is 2. The van der Waals surface area contributed by atoms with Gasteiger partial charge in [-0.05, 0) is 76.5 Å². The number of hydrogen-bond acceptors (Lipinski definition) is 6. The minimum Gasteiger partial charge on any atom is -0.356 e. The maximum absolute atomic E-state index is 13.4. The van der Waals surface area contributed by atoms with Crippen molar-refractivity contribution in [1.82, 2.24) is 19.4 Å². The number of benzene rings is 1. The van der Waals surface area contributed by atoms with Gasteiger partial charge in [-0.15, -0.1) is 0 Å². The van der Waals surface area contributed by atoms with E-state index >= 15 is 0 Å². The van der Waals surface area contributed by atoms with Gasteiger partial charge in [-0.25, -0.2) is 4.79 Å². The predicted molar refractivity (Wildman–Crippen MR) is 126 cm³/mol. The van der Waals surface area contributed by atoms with Gasteiger partial charge in [0.2, 0.25) is 18.2 Å². The van der Waals surface area contributed by atoms with Crippen molar-refractivity contribution >= 4 is 22.8 Å². The SMILES string of the molecule is CC(C)(C)OC(O)N1CCC(c2ccc3c(c2)n(C2CC2)c(=O)n3C2CCC(=O)NC2=O)CC1. The minimum absolute atomic E-state index is 0.165. The zero-order valence-electron chi connectivity index (χ0n) is 20.1. The Balaban J connectivity index is 1.41. The first-order valence-electron chi connectivity index (χ1n) is 12.3. The van der Waals surface area contributed by atoms with E-state index in [4.69, 9.17) is 4.74 Å². The van der Waals surface area contributed by atoms with Crippen LogP contribution in [0.3, 0.4) is 0 Å². The van der Waals surface area contributed by atoms with Crippen LogP contribution in [0.2, 0.25) is 0 Å². The molecule has 1 saturated carbocycles. The summed E-state index contributed by atoms with van der Waals surface area (Å²) in [5.41, 5.74) is 2.22. The van der Waals surface area contributed by atoms with Crippen LogP contribution in [0.15, 0.2) is 23.0 Å². The Morgan fingerprint density at radius 3 is 2.32 bits per heavy atom. The van der Waals surface area contributed by atoms with Crippen LogP contribution < -0.4 is 11.0 Å². The first kappa shape index (κ1) is 23.3. The van der Waals surface area contributed by atoms with E-state index in [1.54, 1.807) is 4.57 Å². The second-order valence-corrected chi connectivity index (χ2v) is 10.8. The fraction of sp³-hybridized carbons (Fsp3) is 0.640. The number of aliphatic hydroxyl groups is 1. The molecule has 2 atom stereocenters. The van der Waals surface area contributed by atoms with E-state index in [1.807, 2.05) is 36.3 Å². The zero-order chi connectivity index (χ0) is 24.2. The number of hydrogen-bond donors (Lipinski definition) is 2.